The van der Waals surface area contributed by atoms with Gasteiger partial charge in [-0.15, -0.1) is 0 Å². The fourth-order valence-corrected chi connectivity index (χ4v) is 3.18. The van der Waals surface area contributed by atoms with E-state index in [1.54, 1.807) is 18.5 Å². The zero-order chi connectivity index (χ0) is 16.5. The van der Waals surface area contributed by atoms with E-state index in [1.165, 1.54) is 6.08 Å². The Bertz CT molecular complexity index is 943. The predicted octanol–water partition coefficient (Wildman–Crippen LogP) is 2.61. The van der Waals surface area contributed by atoms with Crippen LogP contribution < -0.4 is 0 Å². The summed E-state index contributed by atoms with van der Waals surface area (Å²) >= 11 is 0. The van der Waals surface area contributed by atoms with Crippen LogP contribution in [0.25, 0.3) is 10.9 Å². The highest BCUT2D eigenvalue weighted by Gasteiger charge is 2.35. The first kappa shape index (κ1) is 14.5. The Morgan fingerprint density at radius 2 is 1.83 bits per heavy atom. The number of H-pyrrole nitrogens is 1. The fourth-order valence-electron chi connectivity index (χ4n) is 3.18. The fraction of sp³-hybridized carbons (Fsp3) is 0.158. The molecule has 5 nitrogen and oxygen atoms in total. The molecule has 4 rings (SSSR count). The number of carbonyl (C=O) groups is 2. The summed E-state index contributed by atoms with van der Waals surface area (Å²) in [6.07, 6.45) is 6.82. The van der Waals surface area contributed by atoms with Crippen molar-refractivity contribution in [3.05, 3.63) is 72.2 Å². The van der Waals surface area contributed by atoms with Crippen LogP contribution in [0.4, 0.5) is 0 Å². The monoisotopic (exact) mass is 317 g/mol. The van der Waals surface area contributed by atoms with Crippen molar-refractivity contribution in [2.45, 2.75) is 12.3 Å². The molecule has 2 unspecified atom stereocenters. The molecule has 1 N–H and O–H groups in total. The highest BCUT2D eigenvalue weighted by atomic mass is 16.2. The third-order valence-corrected chi connectivity index (χ3v) is 4.46. The summed E-state index contributed by atoms with van der Waals surface area (Å²) in [6, 6.07) is 11.3. The van der Waals surface area contributed by atoms with E-state index < -0.39 is 11.8 Å². The number of aromatic nitrogens is 3. The average molecular weight is 317 g/mol. The topological polar surface area (TPSA) is 75.7 Å². The van der Waals surface area contributed by atoms with E-state index in [1.807, 2.05) is 36.4 Å². The van der Waals surface area contributed by atoms with Gasteiger partial charge in [-0.3, -0.25) is 19.7 Å². The molecule has 118 valence electrons. The Morgan fingerprint density at radius 3 is 2.67 bits per heavy atom. The first-order chi connectivity index (χ1) is 11.7. The van der Waals surface area contributed by atoms with Crippen LogP contribution in [0.3, 0.4) is 0 Å². The van der Waals surface area contributed by atoms with Gasteiger partial charge in [-0.25, -0.2) is 0 Å². The van der Waals surface area contributed by atoms with Gasteiger partial charge in [-0.2, -0.15) is 5.10 Å². The van der Waals surface area contributed by atoms with Crippen LogP contribution in [0.1, 0.15) is 17.2 Å². The SMILES string of the molecule is O=C1C=CC(c2ccncc2)C(=O)C1Cc1n[nH]c2ccccc12. The Kier molecular flexibility index (Phi) is 3.54. The molecular formula is C19H15N3O2. The van der Waals surface area contributed by atoms with Crippen molar-refractivity contribution in [2.75, 3.05) is 0 Å². The molecule has 2 heterocycles. The van der Waals surface area contributed by atoms with Gasteiger partial charge in [0.05, 0.1) is 23.0 Å². The van der Waals surface area contributed by atoms with Crippen molar-refractivity contribution in [3.63, 3.8) is 0 Å². The summed E-state index contributed by atoms with van der Waals surface area (Å²) < 4.78 is 0. The summed E-state index contributed by atoms with van der Waals surface area (Å²) in [5, 5.41) is 8.20. The summed E-state index contributed by atoms with van der Waals surface area (Å²) in [7, 11) is 0. The molecule has 0 spiro atoms. The van der Waals surface area contributed by atoms with Gasteiger partial charge in [0, 0.05) is 24.2 Å². The minimum absolute atomic E-state index is 0.0826. The smallest absolute Gasteiger partial charge is 0.166 e. The van der Waals surface area contributed by atoms with Gasteiger partial charge in [0.15, 0.2) is 11.6 Å². The van der Waals surface area contributed by atoms with Crippen molar-refractivity contribution in [1.29, 1.82) is 0 Å². The molecule has 2 aromatic heterocycles. The van der Waals surface area contributed by atoms with Crippen LogP contribution in [0, 0.1) is 5.92 Å². The maximum Gasteiger partial charge on any atom is 0.166 e. The molecule has 2 atom stereocenters. The highest BCUT2D eigenvalue weighted by molar-refractivity contribution is 6.13. The van der Waals surface area contributed by atoms with Crippen molar-refractivity contribution in [3.8, 4) is 0 Å². The molecule has 1 aliphatic carbocycles. The molecule has 0 fully saturated rings. The van der Waals surface area contributed by atoms with Gasteiger partial charge in [0.2, 0.25) is 0 Å². The second kappa shape index (κ2) is 5.85. The van der Waals surface area contributed by atoms with Crippen LogP contribution in [0.15, 0.2) is 60.9 Å². The first-order valence-corrected chi connectivity index (χ1v) is 7.82. The summed E-state index contributed by atoms with van der Waals surface area (Å²) in [5.41, 5.74) is 2.51. The van der Waals surface area contributed by atoms with Gasteiger partial charge < -0.3 is 0 Å². The Hall–Kier alpha value is -3.08. The van der Waals surface area contributed by atoms with Crippen LogP contribution in [-0.4, -0.2) is 26.7 Å². The van der Waals surface area contributed by atoms with Crippen molar-refractivity contribution in [2.24, 2.45) is 5.92 Å². The quantitative estimate of drug-likeness (QED) is 0.753. The first-order valence-electron chi connectivity index (χ1n) is 7.82. The van der Waals surface area contributed by atoms with E-state index in [-0.39, 0.29) is 11.6 Å². The zero-order valence-electron chi connectivity index (χ0n) is 12.8. The lowest BCUT2D eigenvalue weighted by molar-refractivity contribution is -0.131. The highest BCUT2D eigenvalue weighted by Crippen LogP contribution is 2.29. The second-order valence-corrected chi connectivity index (χ2v) is 5.89. The molecule has 24 heavy (non-hydrogen) atoms. The summed E-state index contributed by atoms with van der Waals surface area (Å²) in [6.45, 7) is 0. The number of ketones is 2. The largest absolute Gasteiger partial charge is 0.298 e. The molecule has 0 saturated carbocycles. The lowest BCUT2D eigenvalue weighted by Crippen LogP contribution is -2.32. The number of nitrogens with one attached hydrogen (secondary N) is 1. The number of aromatic amines is 1. The number of nitrogens with zero attached hydrogens (tertiary/aromatic N) is 2. The number of pyridine rings is 1. The van der Waals surface area contributed by atoms with Crippen molar-refractivity contribution in [1.82, 2.24) is 15.2 Å². The third kappa shape index (κ3) is 2.44. The number of carbonyl (C=O) groups excluding carboxylic acids is 2. The lowest BCUT2D eigenvalue weighted by Gasteiger charge is -2.22. The van der Waals surface area contributed by atoms with E-state index in [0.29, 0.717) is 6.42 Å². The number of hydrogen-bond acceptors (Lipinski definition) is 4. The number of Topliss-reactive ketones (excluding diaryl/α,β-unsaturated/α-hetero) is 1. The van der Waals surface area contributed by atoms with Gasteiger partial charge in [-0.05, 0) is 29.8 Å². The second-order valence-electron chi connectivity index (χ2n) is 5.89. The van der Waals surface area contributed by atoms with Crippen LogP contribution in [-0.2, 0) is 16.0 Å². The Labute approximate surface area is 138 Å². The Balaban J connectivity index is 1.66. The van der Waals surface area contributed by atoms with Crippen LogP contribution in [0.5, 0.6) is 0 Å². The lowest BCUT2D eigenvalue weighted by atomic mass is 9.78. The maximum atomic E-state index is 12.9. The Morgan fingerprint density at radius 1 is 1.04 bits per heavy atom. The number of hydrogen-bond donors (Lipinski definition) is 1. The minimum atomic E-state index is -0.695. The van der Waals surface area contributed by atoms with Gasteiger partial charge >= 0.3 is 0 Å². The third-order valence-electron chi connectivity index (χ3n) is 4.46. The zero-order valence-corrected chi connectivity index (χ0v) is 12.8. The molecule has 1 aliphatic rings. The molecule has 5 heteroatoms. The molecule has 0 radical (unpaired) electrons. The number of fused-ring (bicyclic) bond motifs is 1. The van der Waals surface area contributed by atoms with Gasteiger partial charge in [0.25, 0.3) is 0 Å². The van der Waals surface area contributed by atoms with E-state index in [4.69, 9.17) is 0 Å². The molecule has 1 aromatic carbocycles. The number of allylic oxidation sites excluding steroid dienone is 2. The minimum Gasteiger partial charge on any atom is -0.298 e. The van der Waals surface area contributed by atoms with Crippen LogP contribution >= 0.6 is 0 Å². The van der Waals surface area contributed by atoms with E-state index in [9.17, 15) is 9.59 Å². The average Bonchev–Trinajstić information content (AvgIpc) is 3.02. The standard InChI is InChI=1S/C19H15N3O2/c23-18-6-5-13(12-7-9-20-10-8-12)19(24)15(18)11-17-14-3-1-2-4-16(14)21-22-17/h1-10,13,15H,11H2,(H,21,22). The number of para-hydroxylation sites is 1. The van der Waals surface area contributed by atoms with E-state index in [2.05, 4.69) is 15.2 Å². The van der Waals surface area contributed by atoms with E-state index >= 15 is 0 Å². The van der Waals surface area contributed by atoms with Gasteiger partial charge in [-0.1, -0.05) is 24.3 Å². The normalized spacial score (nSPS) is 20.7. The molecule has 0 saturated heterocycles. The van der Waals surface area contributed by atoms with Crippen molar-refractivity contribution < 1.29 is 9.59 Å². The van der Waals surface area contributed by atoms with E-state index in [0.717, 1.165) is 22.2 Å². The molecule has 3 aromatic rings. The number of benzene rings is 1. The predicted molar refractivity (Wildman–Crippen MR) is 89.4 cm³/mol. The summed E-state index contributed by atoms with van der Waals surface area (Å²) in [5.74, 6) is -1.33. The van der Waals surface area contributed by atoms with Crippen molar-refractivity contribution >= 4 is 22.5 Å². The van der Waals surface area contributed by atoms with Gasteiger partial charge in [0.1, 0.15) is 0 Å². The molecule has 0 amide bonds. The molecular weight excluding hydrogens is 302 g/mol. The van der Waals surface area contributed by atoms with Crippen LogP contribution in [0.2, 0.25) is 0 Å². The maximum absolute atomic E-state index is 12.9. The molecule has 0 bridgehead atoms. The summed E-state index contributed by atoms with van der Waals surface area (Å²) in [4.78, 5) is 29.1. The molecule has 0 aliphatic heterocycles. The number of rotatable bonds is 3.